The number of hydrogen-bond acceptors (Lipinski definition) is 2. The molecule has 1 heterocycles. The molecule has 1 aromatic heterocycles. The molecular formula is C15H13N3O. The molecule has 0 atom stereocenters. The Balaban J connectivity index is 1.89. The second kappa shape index (κ2) is 4.57. The molecule has 0 aliphatic heterocycles. The molecule has 0 aliphatic carbocycles. The summed E-state index contributed by atoms with van der Waals surface area (Å²) in [4.78, 5) is 12.1. The van der Waals surface area contributed by atoms with Gasteiger partial charge in [0.2, 0.25) is 0 Å². The van der Waals surface area contributed by atoms with Crippen LogP contribution in [0.2, 0.25) is 0 Å². The fourth-order valence-corrected chi connectivity index (χ4v) is 2.00. The molecule has 94 valence electrons. The van der Waals surface area contributed by atoms with E-state index in [1.165, 1.54) is 0 Å². The van der Waals surface area contributed by atoms with Gasteiger partial charge in [-0.25, -0.2) is 0 Å². The predicted octanol–water partition coefficient (Wildman–Crippen LogP) is 2.83. The summed E-state index contributed by atoms with van der Waals surface area (Å²) in [5, 5.41) is 9.07. The van der Waals surface area contributed by atoms with Crippen LogP contribution in [0, 0.1) is 0 Å². The number of hydrogen-bond donors (Lipinski definition) is 1. The zero-order valence-electron chi connectivity index (χ0n) is 10.5. The summed E-state index contributed by atoms with van der Waals surface area (Å²) >= 11 is 0. The summed E-state index contributed by atoms with van der Waals surface area (Å²) in [6.07, 6.45) is 1.79. The Morgan fingerprint density at radius 3 is 2.63 bits per heavy atom. The predicted molar refractivity (Wildman–Crippen MR) is 75.1 cm³/mol. The minimum absolute atomic E-state index is 0.149. The highest BCUT2D eigenvalue weighted by Gasteiger charge is 2.08. The minimum atomic E-state index is -0.149. The van der Waals surface area contributed by atoms with E-state index in [-0.39, 0.29) is 5.91 Å². The standard InChI is InChI=1S/C15H13N3O/c1-18-9-8-14(17-18)16-15(19)13-7-6-11-4-2-3-5-12(11)10-13/h2-10H,1H3,(H,16,17,19). The Morgan fingerprint density at radius 2 is 1.89 bits per heavy atom. The minimum Gasteiger partial charge on any atom is -0.305 e. The van der Waals surface area contributed by atoms with Gasteiger partial charge in [-0.2, -0.15) is 5.10 Å². The molecule has 4 heteroatoms. The Labute approximate surface area is 110 Å². The van der Waals surface area contributed by atoms with Crippen molar-refractivity contribution in [2.45, 2.75) is 0 Å². The molecule has 3 rings (SSSR count). The van der Waals surface area contributed by atoms with Crippen LogP contribution in [0.15, 0.2) is 54.7 Å². The van der Waals surface area contributed by atoms with Crippen LogP contribution in [0.4, 0.5) is 5.82 Å². The van der Waals surface area contributed by atoms with Crippen molar-refractivity contribution in [3.8, 4) is 0 Å². The first-order valence-corrected chi connectivity index (χ1v) is 6.02. The van der Waals surface area contributed by atoms with Crippen molar-refractivity contribution in [1.82, 2.24) is 9.78 Å². The highest BCUT2D eigenvalue weighted by Crippen LogP contribution is 2.16. The first-order chi connectivity index (χ1) is 9.22. The van der Waals surface area contributed by atoms with Gasteiger partial charge in [-0.3, -0.25) is 9.48 Å². The molecule has 0 saturated carbocycles. The van der Waals surface area contributed by atoms with Crippen LogP contribution in [0.25, 0.3) is 10.8 Å². The SMILES string of the molecule is Cn1ccc(NC(=O)c2ccc3ccccc3c2)n1. The quantitative estimate of drug-likeness (QED) is 0.761. The lowest BCUT2D eigenvalue weighted by atomic mass is 10.1. The number of fused-ring (bicyclic) bond motifs is 1. The molecule has 0 aliphatic rings. The Morgan fingerprint density at radius 1 is 1.11 bits per heavy atom. The van der Waals surface area contributed by atoms with E-state index in [2.05, 4.69) is 10.4 Å². The van der Waals surface area contributed by atoms with Crippen molar-refractivity contribution in [3.05, 3.63) is 60.3 Å². The second-order valence-corrected chi connectivity index (χ2v) is 4.39. The number of amides is 1. The topological polar surface area (TPSA) is 46.9 Å². The summed E-state index contributed by atoms with van der Waals surface area (Å²) in [5.41, 5.74) is 0.629. The highest BCUT2D eigenvalue weighted by atomic mass is 16.1. The van der Waals surface area contributed by atoms with Gasteiger partial charge >= 0.3 is 0 Å². The van der Waals surface area contributed by atoms with E-state index >= 15 is 0 Å². The number of rotatable bonds is 2. The van der Waals surface area contributed by atoms with Crippen molar-refractivity contribution in [3.63, 3.8) is 0 Å². The molecule has 0 saturated heterocycles. The molecule has 0 bridgehead atoms. The zero-order valence-corrected chi connectivity index (χ0v) is 10.5. The van der Waals surface area contributed by atoms with Gasteiger partial charge in [0, 0.05) is 24.9 Å². The van der Waals surface area contributed by atoms with Crippen molar-refractivity contribution < 1.29 is 4.79 Å². The Kier molecular flexibility index (Phi) is 2.76. The van der Waals surface area contributed by atoms with Crippen LogP contribution < -0.4 is 5.32 Å². The van der Waals surface area contributed by atoms with Gasteiger partial charge in [0.15, 0.2) is 5.82 Å². The molecule has 19 heavy (non-hydrogen) atoms. The van der Waals surface area contributed by atoms with Crippen LogP contribution >= 0.6 is 0 Å². The molecule has 3 aromatic rings. The van der Waals surface area contributed by atoms with Gasteiger partial charge in [-0.1, -0.05) is 30.3 Å². The number of aromatic nitrogens is 2. The molecule has 1 amide bonds. The van der Waals surface area contributed by atoms with Gasteiger partial charge in [0.1, 0.15) is 0 Å². The number of nitrogens with one attached hydrogen (secondary N) is 1. The molecule has 4 nitrogen and oxygen atoms in total. The fourth-order valence-electron chi connectivity index (χ4n) is 2.00. The lowest BCUT2D eigenvalue weighted by molar-refractivity contribution is 0.102. The number of nitrogens with zero attached hydrogens (tertiary/aromatic N) is 2. The summed E-state index contributed by atoms with van der Waals surface area (Å²) in [6.45, 7) is 0. The molecule has 0 spiro atoms. The van der Waals surface area contributed by atoms with E-state index in [1.807, 2.05) is 49.5 Å². The smallest absolute Gasteiger partial charge is 0.256 e. The number of carbonyl (C=O) groups excluding carboxylic acids is 1. The molecule has 0 fully saturated rings. The molecular weight excluding hydrogens is 238 g/mol. The van der Waals surface area contributed by atoms with E-state index in [1.54, 1.807) is 16.9 Å². The van der Waals surface area contributed by atoms with Gasteiger partial charge in [-0.05, 0) is 22.9 Å². The van der Waals surface area contributed by atoms with Gasteiger partial charge in [0.25, 0.3) is 5.91 Å². The van der Waals surface area contributed by atoms with Crippen molar-refractivity contribution in [2.75, 3.05) is 5.32 Å². The maximum Gasteiger partial charge on any atom is 0.256 e. The fraction of sp³-hybridized carbons (Fsp3) is 0.0667. The molecule has 2 aromatic carbocycles. The normalized spacial score (nSPS) is 10.6. The number of benzene rings is 2. The summed E-state index contributed by atoms with van der Waals surface area (Å²) in [5.74, 6) is 0.408. The second-order valence-electron chi connectivity index (χ2n) is 4.39. The van der Waals surface area contributed by atoms with E-state index in [4.69, 9.17) is 0 Å². The third-order valence-corrected chi connectivity index (χ3v) is 2.97. The number of aryl methyl sites for hydroxylation is 1. The van der Waals surface area contributed by atoms with Crippen LogP contribution in [0.1, 0.15) is 10.4 Å². The van der Waals surface area contributed by atoms with Gasteiger partial charge in [0.05, 0.1) is 0 Å². The summed E-state index contributed by atoms with van der Waals surface area (Å²) in [6, 6.07) is 15.4. The first-order valence-electron chi connectivity index (χ1n) is 6.02. The van der Waals surface area contributed by atoms with Crippen LogP contribution in [-0.4, -0.2) is 15.7 Å². The average molecular weight is 251 g/mol. The Bertz CT molecular complexity index is 746. The highest BCUT2D eigenvalue weighted by molar-refractivity contribution is 6.06. The van der Waals surface area contributed by atoms with E-state index < -0.39 is 0 Å². The van der Waals surface area contributed by atoms with E-state index in [9.17, 15) is 4.79 Å². The largest absolute Gasteiger partial charge is 0.305 e. The first kappa shape index (κ1) is 11.5. The van der Waals surface area contributed by atoms with Crippen LogP contribution in [0.5, 0.6) is 0 Å². The van der Waals surface area contributed by atoms with Crippen molar-refractivity contribution in [2.24, 2.45) is 7.05 Å². The van der Waals surface area contributed by atoms with Crippen molar-refractivity contribution in [1.29, 1.82) is 0 Å². The molecule has 1 N–H and O–H groups in total. The zero-order chi connectivity index (χ0) is 13.2. The van der Waals surface area contributed by atoms with Crippen LogP contribution in [-0.2, 0) is 7.05 Å². The number of carbonyl (C=O) groups is 1. The maximum absolute atomic E-state index is 12.1. The summed E-state index contributed by atoms with van der Waals surface area (Å²) < 4.78 is 1.65. The lowest BCUT2D eigenvalue weighted by Gasteiger charge is -2.04. The van der Waals surface area contributed by atoms with Crippen LogP contribution in [0.3, 0.4) is 0 Å². The monoisotopic (exact) mass is 251 g/mol. The van der Waals surface area contributed by atoms with Gasteiger partial charge < -0.3 is 5.32 Å². The summed E-state index contributed by atoms with van der Waals surface area (Å²) in [7, 11) is 1.81. The van der Waals surface area contributed by atoms with E-state index in [0.717, 1.165) is 10.8 Å². The van der Waals surface area contributed by atoms with Crippen molar-refractivity contribution >= 4 is 22.5 Å². The molecule has 0 radical (unpaired) electrons. The lowest BCUT2D eigenvalue weighted by Crippen LogP contribution is -2.12. The van der Waals surface area contributed by atoms with Gasteiger partial charge in [-0.15, -0.1) is 0 Å². The number of anilines is 1. The molecule has 0 unspecified atom stereocenters. The third-order valence-electron chi connectivity index (χ3n) is 2.97. The Hall–Kier alpha value is -2.62. The van der Waals surface area contributed by atoms with E-state index in [0.29, 0.717) is 11.4 Å². The maximum atomic E-state index is 12.1. The third kappa shape index (κ3) is 2.33. The average Bonchev–Trinajstić information content (AvgIpc) is 2.83.